The molecule has 2 heterocycles. The maximum absolute atomic E-state index is 14.4. The number of nitrogens with zero attached hydrogens (tertiary/aromatic N) is 5. The van der Waals surface area contributed by atoms with Crippen LogP contribution in [0, 0.1) is 34.0 Å². The minimum absolute atomic E-state index is 0.0721. The molecule has 0 radical (unpaired) electrons. The third-order valence-electron chi connectivity index (χ3n) is 12.9. The Labute approximate surface area is 395 Å². The Hall–Kier alpha value is -9.37. The van der Waals surface area contributed by atoms with Crippen molar-refractivity contribution in [2.24, 2.45) is 0 Å². The minimum Gasteiger partial charge on any atom is -0.309 e. The van der Waals surface area contributed by atoms with Gasteiger partial charge in [-0.15, -0.1) is 0 Å². The SMILES string of the molecule is N#Cc1ccc(-n2c3ccccc3c3cc(-c4ccccc4C#N)ccc32)c(-c2cc(-c3cc(C(F)(F)F)cc(C(F)(F)F)c3)ccc2-n2c3ccccc3c3cc(-c4ccccc4C#N)ccc32)c1. The predicted octanol–water partition coefficient (Wildman–Crippen LogP) is 16.2. The number of alkyl halides is 6. The predicted molar refractivity (Wildman–Crippen MR) is 261 cm³/mol. The molecule has 11 rings (SSSR count). The molecule has 5 nitrogen and oxygen atoms in total. The molecule has 0 bridgehead atoms. The van der Waals surface area contributed by atoms with Gasteiger partial charge in [-0.3, -0.25) is 0 Å². The second kappa shape index (κ2) is 16.4. The van der Waals surface area contributed by atoms with Crippen molar-refractivity contribution in [1.29, 1.82) is 15.8 Å². The van der Waals surface area contributed by atoms with Crippen molar-refractivity contribution in [2.45, 2.75) is 12.4 Å². The van der Waals surface area contributed by atoms with Crippen molar-refractivity contribution in [2.75, 3.05) is 0 Å². The fourth-order valence-corrected chi connectivity index (χ4v) is 9.73. The van der Waals surface area contributed by atoms with E-state index in [0.717, 1.165) is 78.0 Å². The fraction of sp³-hybridized carbons (Fsp3) is 0.0339. The van der Waals surface area contributed by atoms with Gasteiger partial charge in [0.15, 0.2) is 0 Å². The molecule has 0 aliphatic carbocycles. The van der Waals surface area contributed by atoms with Gasteiger partial charge < -0.3 is 9.13 Å². The molecule has 0 aliphatic heterocycles. The van der Waals surface area contributed by atoms with Crippen molar-refractivity contribution in [3.05, 3.63) is 216 Å². The highest BCUT2D eigenvalue weighted by atomic mass is 19.4. The van der Waals surface area contributed by atoms with E-state index in [1.165, 1.54) is 6.07 Å². The maximum Gasteiger partial charge on any atom is 0.416 e. The molecule has 11 aromatic rings. The summed E-state index contributed by atoms with van der Waals surface area (Å²) in [5, 5.41) is 33.9. The van der Waals surface area contributed by atoms with Crippen molar-refractivity contribution >= 4 is 43.6 Å². The van der Waals surface area contributed by atoms with E-state index in [2.05, 4.69) is 18.2 Å². The number of aromatic nitrogens is 2. The van der Waals surface area contributed by atoms with Crippen molar-refractivity contribution in [3.8, 4) is 74.1 Å². The maximum atomic E-state index is 14.4. The average Bonchev–Trinajstić information content (AvgIpc) is 3.89. The Kier molecular flexibility index (Phi) is 10.2. The van der Waals surface area contributed by atoms with Gasteiger partial charge in [-0.1, -0.05) is 91.0 Å². The van der Waals surface area contributed by atoms with Crippen LogP contribution in [0.1, 0.15) is 27.8 Å². The average molecular weight is 924 g/mol. The lowest BCUT2D eigenvalue weighted by Crippen LogP contribution is -2.11. The molecule has 0 fully saturated rings. The number of para-hydroxylation sites is 2. The molecular weight excluding hydrogens is 893 g/mol. The molecule has 0 aliphatic rings. The monoisotopic (exact) mass is 923 g/mol. The van der Waals surface area contributed by atoms with Gasteiger partial charge in [-0.25, -0.2) is 0 Å². The Balaban J connectivity index is 1.23. The van der Waals surface area contributed by atoms with Crippen molar-refractivity contribution < 1.29 is 26.3 Å². The zero-order valence-corrected chi connectivity index (χ0v) is 36.4. The lowest BCUT2D eigenvalue weighted by molar-refractivity contribution is -0.143. The molecule has 2 aromatic heterocycles. The molecule has 0 N–H and O–H groups in total. The Morgan fingerprint density at radius 2 is 0.757 bits per heavy atom. The van der Waals surface area contributed by atoms with Crippen LogP contribution in [-0.2, 0) is 12.4 Å². The smallest absolute Gasteiger partial charge is 0.309 e. The molecule has 11 heteroatoms. The largest absolute Gasteiger partial charge is 0.416 e. The zero-order chi connectivity index (χ0) is 48.5. The van der Waals surface area contributed by atoms with Gasteiger partial charge in [-0.05, 0) is 130 Å². The van der Waals surface area contributed by atoms with Crippen LogP contribution in [0.4, 0.5) is 26.3 Å². The van der Waals surface area contributed by atoms with Gasteiger partial charge in [0.05, 0.1) is 79.5 Å². The highest BCUT2D eigenvalue weighted by Crippen LogP contribution is 2.45. The summed E-state index contributed by atoms with van der Waals surface area (Å²) >= 11 is 0. The number of benzene rings is 9. The Morgan fingerprint density at radius 3 is 1.24 bits per heavy atom. The number of hydrogen-bond donors (Lipinski definition) is 0. The first kappa shape index (κ1) is 43.2. The van der Waals surface area contributed by atoms with E-state index in [4.69, 9.17) is 0 Å². The van der Waals surface area contributed by atoms with Crippen LogP contribution in [0.15, 0.2) is 188 Å². The van der Waals surface area contributed by atoms with E-state index in [-0.39, 0.29) is 22.8 Å². The van der Waals surface area contributed by atoms with Gasteiger partial charge in [0.1, 0.15) is 0 Å². The molecule has 0 spiro atoms. The quantitative estimate of drug-likeness (QED) is 0.156. The van der Waals surface area contributed by atoms with Crippen LogP contribution in [0.3, 0.4) is 0 Å². The summed E-state index contributed by atoms with van der Waals surface area (Å²) in [6.07, 6.45) is -10.2. The summed E-state index contributed by atoms with van der Waals surface area (Å²) in [4.78, 5) is 0. The van der Waals surface area contributed by atoms with Crippen LogP contribution in [-0.4, -0.2) is 9.13 Å². The van der Waals surface area contributed by atoms with E-state index in [9.17, 15) is 42.1 Å². The van der Waals surface area contributed by atoms with Crippen LogP contribution in [0.5, 0.6) is 0 Å². The summed E-state index contributed by atoms with van der Waals surface area (Å²) in [6.45, 7) is 0. The number of fused-ring (bicyclic) bond motifs is 6. The number of rotatable bonds is 6. The number of halogens is 6. The molecule has 0 saturated carbocycles. The van der Waals surface area contributed by atoms with E-state index < -0.39 is 23.5 Å². The van der Waals surface area contributed by atoms with Crippen LogP contribution < -0.4 is 0 Å². The molecule has 0 unspecified atom stereocenters. The third-order valence-corrected chi connectivity index (χ3v) is 12.9. The normalized spacial score (nSPS) is 11.8. The highest BCUT2D eigenvalue weighted by Gasteiger charge is 2.37. The molecule has 334 valence electrons. The number of nitriles is 3. The van der Waals surface area contributed by atoms with Gasteiger partial charge in [0.2, 0.25) is 0 Å². The topological polar surface area (TPSA) is 81.2 Å². The molecule has 0 amide bonds. The van der Waals surface area contributed by atoms with Crippen molar-refractivity contribution in [3.63, 3.8) is 0 Å². The Bertz CT molecular complexity index is 4060. The summed E-state index contributed by atoms with van der Waals surface area (Å²) < 4.78 is 90.4. The van der Waals surface area contributed by atoms with E-state index in [1.807, 2.05) is 118 Å². The lowest BCUT2D eigenvalue weighted by Gasteiger charge is -2.21. The zero-order valence-electron chi connectivity index (χ0n) is 36.4. The number of hydrogen-bond acceptors (Lipinski definition) is 3. The Morgan fingerprint density at radius 1 is 0.329 bits per heavy atom. The van der Waals surface area contributed by atoms with Crippen molar-refractivity contribution in [1.82, 2.24) is 9.13 Å². The van der Waals surface area contributed by atoms with Gasteiger partial charge in [0, 0.05) is 32.7 Å². The van der Waals surface area contributed by atoms with Gasteiger partial charge in [-0.2, -0.15) is 42.1 Å². The van der Waals surface area contributed by atoms with Crippen LogP contribution >= 0.6 is 0 Å². The highest BCUT2D eigenvalue weighted by molar-refractivity contribution is 6.13. The van der Waals surface area contributed by atoms with E-state index in [0.29, 0.717) is 33.6 Å². The minimum atomic E-state index is -5.09. The summed E-state index contributed by atoms with van der Waals surface area (Å²) in [5.41, 5.74) is 6.19. The van der Waals surface area contributed by atoms with E-state index in [1.54, 1.807) is 54.6 Å². The first-order chi connectivity index (χ1) is 33.8. The molecule has 70 heavy (non-hydrogen) atoms. The fourth-order valence-electron chi connectivity index (χ4n) is 9.73. The first-order valence-corrected chi connectivity index (χ1v) is 21.9. The first-order valence-electron chi connectivity index (χ1n) is 21.9. The van der Waals surface area contributed by atoms with Crippen LogP contribution in [0.25, 0.3) is 99.5 Å². The van der Waals surface area contributed by atoms with E-state index >= 15 is 0 Å². The summed E-state index contributed by atoms with van der Waals surface area (Å²) in [7, 11) is 0. The summed E-state index contributed by atoms with van der Waals surface area (Å²) in [5.74, 6) is 0. The molecule has 0 saturated heterocycles. The lowest BCUT2D eigenvalue weighted by atomic mass is 9.93. The second-order valence-corrected chi connectivity index (χ2v) is 16.9. The standard InChI is InChI=1S/C59H31F6N5/c60-58(61,62)42-26-41(27-43(31-42)59(63,64)65)36-18-22-57(70-53-16-8-6-14-47(53)50-30-38(20-24-56(50)70)45-12-4-2-10-40(45)34-68)51(28-36)48-25-35(32-66)17-21-54(48)69-52-15-7-5-13-46(52)49-29-37(19-23-55(49)69)44-11-3-1-9-39(44)33-67/h1-31H. The van der Waals surface area contributed by atoms with Crippen LogP contribution in [0.2, 0.25) is 0 Å². The molecular formula is C59H31F6N5. The summed E-state index contributed by atoms with van der Waals surface area (Å²) in [6, 6.07) is 60.0. The molecule has 0 atom stereocenters. The molecule has 9 aromatic carbocycles. The van der Waals surface area contributed by atoms with Gasteiger partial charge >= 0.3 is 12.4 Å². The second-order valence-electron chi connectivity index (χ2n) is 16.9. The third kappa shape index (κ3) is 7.18. The van der Waals surface area contributed by atoms with Gasteiger partial charge in [0.25, 0.3) is 0 Å².